The average molecular weight is 162 g/mol. The van der Waals surface area contributed by atoms with E-state index in [2.05, 4.69) is 4.42 Å². The molecule has 1 aromatic heterocycles. The molecule has 0 saturated heterocycles. The number of para-hydroxylation sites is 1. The lowest BCUT2D eigenvalue weighted by atomic mass is 10.3. The third kappa shape index (κ3) is 3.46. The van der Waals surface area contributed by atoms with Crippen molar-refractivity contribution in [1.82, 2.24) is 0 Å². The molecule has 1 aromatic carbocycles. The van der Waals surface area contributed by atoms with Crippen LogP contribution in [0.1, 0.15) is 0 Å². The minimum atomic E-state index is 0.322. The van der Waals surface area contributed by atoms with Gasteiger partial charge in [-0.3, -0.25) is 0 Å². The highest BCUT2D eigenvalue weighted by Gasteiger charge is 1.74. The highest BCUT2D eigenvalue weighted by molar-refractivity contribution is 5.18. The average Bonchev–Trinajstić information content (AvgIpc) is 2.62. The van der Waals surface area contributed by atoms with Crippen LogP contribution in [0.3, 0.4) is 0 Å². The zero-order valence-corrected chi connectivity index (χ0v) is 6.55. The lowest BCUT2D eigenvalue weighted by molar-refractivity contribution is 0.475. The van der Waals surface area contributed by atoms with Crippen molar-refractivity contribution in [2.24, 2.45) is 0 Å². The van der Waals surface area contributed by atoms with Crippen molar-refractivity contribution in [3.63, 3.8) is 0 Å². The normalized spacial score (nSPS) is 8.33. The molecule has 1 N–H and O–H groups in total. The molecule has 0 amide bonds. The summed E-state index contributed by atoms with van der Waals surface area (Å²) in [6.45, 7) is 0. The molecule has 2 aromatic rings. The van der Waals surface area contributed by atoms with Gasteiger partial charge in [-0.05, 0) is 24.3 Å². The summed E-state index contributed by atoms with van der Waals surface area (Å²) >= 11 is 0. The summed E-state index contributed by atoms with van der Waals surface area (Å²) in [5.41, 5.74) is 0. The fourth-order valence-corrected chi connectivity index (χ4v) is 0.655. The number of furan rings is 1. The monoisotopic (exact) mass is 162 g/mol. The van der Waals surface area contributed by atoms with Crippen LogP contribution in [0, 0.1) is 0 Å². The van der Waals surface area contributed by atoms with Gasteiger partial charge in [-0.1, -0.05) is 18.2 Å². The number of phenolic OH excluding ortho intramolecular Hbond substituents is 1. The summed E-state index contributed by atoms with van der Waals surface area (Å²) in [7, 11) is 0. The van der Waals surface area contributed by atoms with E-state index in [1.165, 1.54) is 0 Å². The Kier molecular flexibility index (Phi) is 3.51. The minimum Gasteiger partial charge on any atom is -0.508 e. The van der Waals surface area contributed by atoms with Crippen LogP contribution in [-0.2, 0) is 0 Å². The maximum atomic E-state index is 8.63. The quantitative estimate of drug-likeness (QED) is 0.646. The van der Waals surface area contributed by atoms with Gasteiger partial charge in [0.2, 0.25) is 0 Å². The van der Waals surface area contributed by atoms with Gasteiger partial charge in [0.1, 0.15) is 5.75 Å². The van der Waals surface area contributed by atoms with Crippen molar-refractivity contribution in [2.45, 2.75) is 0 Å². The minimum absolute atomic E-state index is 0.322. The van der Waals surface area contributed by atoms with Gasteiger partial charge in [-0.25, -0.2) is 0 Å². The van der Waals surface area contributed by atoms with Crippen LogP contribution in [0.25, 0.3) is 0 Å². The van der Waals surface area contributed by atoms with Gasteiger partial charge in [-0.15, -0.1) is 0 Å². The molecule has 2 nitrogen and oxygen atoms in total. The van der Waals surface area contributed by atoms with Crippen LogP contribution in [0.4, 0.5) is 0 Å². The van der Waals surface area contributed by atoms with Crippen LogP contribution >= 0.6 is 0 Å². The first-order valence-corrected chi connectivity index (χ1v) is 3.61. The molecule has 0 saturated carbocycles. The van der Waals surface area contributed by atoms with E-state index in [4.69, 9.17) is 5.11 Å². The molecule has 0 bridgehead atoms. The first-order chi connectivity index (χ1) is 5.89. The van der Waals surface area contributed by atoms with Crippen LogP contribution in [-0.4, -0.2) is 5.11 Å². The largest absolute Gasteiger partial charge is 0.508 e. The van der Waals surface area contributed by atoms with E-state index in [1.54, 1.807) is 36.8 Å². The van der Waals surface area contributed by atoms with Crippen LogP contribution < -0.4 is 0 Å². The lowest BCUT2D eigenvalue weighted by Crippen LogP contribution is -1.56. The van der Waals surface area contributed by atoms with E-state index < -0.39 is 0 Å². The highest BCUT2D eigenvalue weighted by atomic mass is 16.3. The van der Waals surface area contributed by atoms with E-state index in [1.807, 2.05) is 18.2 Å². The van der Waals surface area contributed by atoms with Gasteiger partial charge in [0, 0.05) is 0 Å². The Labute approximate surface area is 71.1 Å². The van der Waals surface area contributed by atoms with Crippen LogP contribution in [0.5, 0.6) is 5.75 Å². The zero-order chi connectivity index (χ0) is 8.65. The second-order valence-corrected chi connectivity index (χ2v) is 2.13. The van der Waals surface area contributed by atoms with Gasteiger partial charge in [0.25, 0.3) is 0 Å². The molecule has 0 aliphatic heterocycles. The molecule has 0 spiro atoms. The van der Waals surface area contributed by atoms with Gasteiger partial charge in [-0.2, -0.15) is 0 Å². The third-order valence-electron chi connectivity index (χ3n) is 1.18. The number of hydrogen-bond acceptors (Lipinski definition) is 2. The van der Waals surface area contributed by atoms with Crippen molar-refractivity contribution in [3.8, 4) is 5.75 Å². The van der Waals surface area contributed by atoms with Crippen LogP contribution in [0.15, 0.2) is 59.4 Å². The summed E-state index contributed by atoms with van der Waals surface area (Å²) in [5.74, 6) is 0.322. The Balaban J connectivity index is 0.000000127. The molecule has 12 heavy (non-hydrogen) atoms. The maximum absolute atomic E-state index is 8.63. The molecule has 0 fully saturated rings. The van der Waals surface area contributed by atoms with E-state index in [9.17, 15) is 0 Å². The summed E-state index contributed by atoms with van der Waals surface area (Å²) in [6.07, 6.45) is 3.25. The molecule has 0 unspecified atom stereocenters. The molecular formula is C10H10O2. The van der Waals surface area contributed by atoms with Crippen molar-refractivity contribution < 1.29 is 9.52 Å². The molecule has 0 aliphatic carbocycles. The highest BCUT2D eigenvalue weighted by Crippen LogP contribution is 2.02. The third-order valence-corrected chi connectivity index (χ3v) is 1.18. The van der Waals surface area contributed by atoms with Crippen molar-refractivity contribution in [3.05, 3.63) is 55.0 Å². The second kappa shape index (κ2) is 5.02. The van der Waals surface area contributed by atoms with Crippen molar-refractivity contribution in [2.75, 3.05) is 0 Å². The fraction of sp³-hybridized carbons (Fsp3) is 0. The number of benzene rings is 1. The number of rotatable bonds is 0. The topological polar surface area (TPSA) is 33.4 Å². The fourth-order valence-electron chi connectivity index (χ4n) is 0.655. The van der Waals surface area contributed by atoms with E-state index in [0.29, 0.717) is 5.75 Å². The predicted octanol–water partition coefficient (Wildman–Crippen LogP) is 2.67. The molecule has 0 radical (unpaired) electrons. The molecule has 0 atom stereocenters. The van der Waals surface area contributed by atoms with Gasteiger partial charge >= 0.3 is 0 Å². The summed E-state index contributed by atoms with van der Waals surface area (Å²) < 4.78 is 4.58. The predicted molar refractivity (Wildman–Crippen MR) is 46.8 cm³/mol. The Hall–Kier alpha value is -1.70. The summed E-state index contributed by atoms with van der Waals surface area (Å²) in [6, 6.07) is 12.4. The van der Waals surface area contributed by atoms with Crippen LogP contribution in [0.2, 0.25) is 0 Å². The Morgan fingerprint density at radius 3 is 1.67 bits per heavy atom. The molecule has 2 rings (SSSR count). The van der Waals surface area contributed by atoms with E-state index in [-0.39, 0.29) is 0 Å². The van der Waals surface area contributed by atoms with E-state index in [0.717, 1.165) is 0 Å². The SMILES string of the molecule is Oc1ccccc1.c1ccoc1. The second-order valence-electron chi connectivity index (χ2n) is 2.13. The number of hydrogen-bond donors (Lipinski definition) is 1. The van der Waals surface area contributed by atoms with Gasteiger partial charge in [0.15, 0.2) is 0 Å². The Morgan fingerprint density at radius 1 is 0.833 bits per heavy atom. The molecule has 62 valence electrons. The Morgan fingerprint density at radius 2 is 1.42 bits per heavy atom. The first kappa shape index (κ1) is 8.40. The molecule has 2 heteroatoms. The van der Waals surface area contributed by atoms with Crippen molar-refractivity contribution >= 4 is 0 Å². The maximum Gasteiger partial charge on any atom is 0.115 e. The zero-order valence-electron chi connectivity index (χ0n) is 6.55. The van der Waals surface area contributed by atoms with Crippen molar-refractivity contribution in [1.29, 1.82) is 0 Å². The number of phenols is 1. The Bertz CT molecular complexity index is 257. The lowest BCUT2D eigenvalue weighted by Gasteiger charge is -1.82. The standard InChI is InChI=1S/C6H6O.C4H4O/c7-6-4-2-1-3-5-6;1-2-4-5-3-1/h1-5,7H;1-4H. The first-order valence-electron chi connectivity index (χ1n) is 3.61. The molecule has 0 aliphatic rings. The summed E-state index contributed by atoms with van der Waals surface area (Å²) in [4.78, 5) is 0. The van der Waals surface area contributed by atoms with E-state index >= 15 is 0 Å². The summed E-state index contributed by atoms with van der Waals surface area (Å²) in [5, 5.41) is 8.63. The molecular weight excluding hydrogens is 152 g/mol. The smallest absolute Gasteiger partial charge is 0.115 e. The molecule has 1 heterocycles. The van der Waals surface area contributed by atoms with Gasteiger partial charge in [0.05, 0.1) is 12.5 Å². The number of aromatic hydroxyl groups is 1. The van der Waals surface area contributed by atoms with Gasteiger partial charge < -0.3 is 9.52 Å².